The number of ether oxygens (including phenoxy) is 1. The molecule has 0 rings (SSSR count). The highest BCUT2D eigenvalue weighted by Gasteiger charge is 2.62. The van der Waals surface area contributed by atoms with Gasteiger partial charge in [0.15, 0.2) is 24.0 Å². The van der Waals surface area contributed by atoms with Crippen molar-refractivity contribution in [2.75, 3.05) is 13.2 Å². The molecule has 16 nitrogen and oxygen atoms in total. The van der Waals surface area contributed by atoms with Crippen LogP contribution in [0.15, 0.2) is 4.99 Å². The fourth-order valence-electron chi connectivity index (χ4n) is 9.76. The third kappa shape index (κ3) is 35.5. The van der Waals surface area contributed by atoms with Crippen LogP contribution in [-0.2, 0) is 38.3 Å². The van der Waals surface area contributed by atoms with Crippen molar-refractivity contribution in [2.45, 2.75) is 316 Å². The topological polar surface area (TPSA) is 277 Å². The number of ketones is 2. The lowest BCUT2D eigenvalue weighted by Gasteiger charge is -2.44. The number of guanidine groups is 1. The molecule has 0 aliphatic rings. The number of aliphatic imine (C=N–C) groups is 1. The fraction of sp³-hybridized carbons (Fsp3) is 0.867. The van der Waals surface area contributed by atoms with Crippen LogP contribution in [0.3, 0.4) is 0 Å². The summed E-state index contributed by atoms with van der Waals surface area (Å²) in [4.78, 5) is 99.9. The lowest BCUT2D eigenvalue weighted by atomic mass is 9.71. The summed E-state index contributed by atoms with van der Waals surface area (Å²) >= 11 is 0. The Bertz CT molecular complexity index is 1500. The number of hydrogen-bond donors (Lipinski definition) is 6. The SMILES string of the molecule is CCCCCCCCCCCC(=O)C(CCN=C(N)N)[C@@](C(=O)CCCCCCCCCCC)(C(=O)OCC)N(C(=O)CCCCCCCCCCC)C(=O)CCCCCCCCCCC.O=C(O)C(O)C(O)C(=O)O. The van der Waals surface area contributed by atoms with Gasteiger partial charge in [0, 0.05) is 32.2 Å². The second-order valence-electron chi connectivity index (χ2n) is 21.0. The second kappa shape index (κ2) is 50.6. The summed E-state index contributed by atoms with van der Waals surface area (Å²) in [6.07, 6.45) is 33.0. The summed E-state index contributed by atoms with van der Waals surface area (Å²) in [5, 5.41) is 32.5. The van der Waals surface area contributed by atoms with Gasteiger partial charge >= 0.3 is 17.9 Å². The second-order valence-corrected chi connectivity index (χ2v) is 21.0. The predicted octanol–water partition coefficient (Wildman–Crippen LogP) is 12.6. The number of rotatable bonds is 52. The molecule has 16 heteroatoms. The van der Waals surface area contributed by atoms with E-state index in [9.17, 15) is 24.0 Å². The Labute approximate surface area is 460 Å². The number of carboxylic acids is 2. The first kappa shape index (κ1) is 74.2. The molecule has 0 spiro atoms. The highest BCUT2D eigenvalue weighted by Crippen LogP contribution is 2.37. The van der Waals surface area contributed by atoms with Crippen LogP contribution in [0.5, 0.6) is 0 Å². The van der Waals surface area contributed by atoms with Gasteiger partial charge in [-0.15, -0.1) is 0 Å². The van der Waals surface area contributed by atoms with Crippen molar-refractivity contribution in [2.24, 2.45) is 22.4 Å². The van der Waals surface area contributed by atoms with E-state index in [0.29, 0.717) is 25.7 Å². The number of aliphatic hydroxyl groups is 2. The van der Waals surface area contributed by atoms with Crippen LogP contribution < -0.4 is 11.5 Å². The summed E-state index contributed by atoms with van der Waals surface area (Å²) in [6.45, 7) is 10.4. The Morgan fingerprint density at radius 3 is 1.03 bits per heavy atom. The number of carbonyl (C=O) groups excluding carboxylic acids is 5. The molecule has 0 aliphatic carbocycles. The molecule has 0 aromatic carbocycles. The number of nitrogens with two attached hydrogens (primary N) is 2. The van der Waals surface area contributed by atoms with Gasteiger partial charge in [-0.25, -0.2) is 14.4 Å². The molecule has 2 amide bonds. The molecule has 0 aliphatic heterocycles. The first-order valence-corrected chi connectivity index (χ1v) is 30.5. The Balaban J connectivity index is 0. The van der Waals surface area contributed by atoms with Gasteiger partial charge in [0.05, 0.1) is 12.5 Å². The number of hydrogen-bond acceptors (Lipinski definition) is 11. The van der Waals surface area contributed by atoms with Crippen LogP contribution in [0.4, 0.5) is 0 Å². The number of unbranched alkanes of at least 4 members (excludes halogenated alkanes) is 32. The van der Waals surface area contributed by atoms with Crippen LogP contribution in [0.1, 0.15) is 298 Å². The van der Waals surface area contributed by atoms with E-state index in [-0.39, 0.29) is 57.0 Å². The van der Waals surface area contributed by atoms with Crippen molar-refractivity contribution in [1.29, 1.82) is 0 Å². The Kier molecular flexibility index (Phi) is 49.3. The van der Waals surface area contributed by atoms with E-state index in [1.807, 2.05) is 0 Å². The number of amides is 2. The number of Topliss-reactive ketones (excluding diaryl/α,β-unsaturated/α-hetero) is 2. The van der Waals surface area contributed by atoms with Crippen LogP contribution in [0, 0.1) is 5.92 Å². The minimum Gasteiger partial charge on any atom is -0.479 e. The zero-order chi connectivity index (χ0) is 57.2. The monoisotopic (exact) mass is 1080 g/mol. The fourth-order valence-corrected chi connectivity index (χ4v) is 9.76. The number of carbonyl (C=O) groups is 7. The van der Waals surface area contributed by atoms with Gasteiger partial charge in [0.2, 0.25) is 17.4 Å². The van der Waals surface area contributed by atoms with Gasteiger partial charge in [-0.2, -0.15) is 0 Å². The molecule has 4 atom stereocenters. The molecule has 0 fully saturated rings. The maximum absolute atomic E-state index is 15.4. The smallest absolute Gasteiger partial charge is 0.341 e. The number of imide groups is 1. The summed E-state index contributed by atoms with van der Waals surface area (Å²) in [7, 11) is 0. The summed E-state index contributed by atoms with van der Waals surface area (Å²) in [5.74, 6) is -8.10. The highest BCUT2D eigenvalue weighted by atomic mass is 16.5. The van der Waals surface area contributed by atoms with Crippen LogP contribution in [0.2, 0.25) is 0 Å². The van der Waals surface area contributed by atoms with Gasteiger partial charge in [-0.05, 0) is 39.0 Å². The molecular formula is C60H112N4O12. The van der Waals surface area contributed by atoms with Crippen LogP contribution >= 0.6 is 0 Å². The van der Waals surface area contributed by atoms with E-state index < -0.39 is 59.2 Å². The molecule has 0 bridgehead atoms. The third-order valence-electron chi connectivity index (χ3n) is 14.3. The average molecular weight is 1080 g/mol. The van der Waals surface area contributed by atoms with Crippen LogP contribution in [-0.4, -0.2) is 103 Å². The third-order valence-corrected chi connectivity index (χ3v) is 14.3. The summed E-state index contributed by atoms with van der Waals surface area (Å²) in [6, 6.07) is 0. The maximum Gasteiger partial charge on any atom is 0.341 e. The molecule has 0 aromatic rings. The van der Waals surface area contributed by atoms with E-state index in [4.69, 9.17) is 36.6 Å². The quantitative estimate of drug-likeness (QED) is 0.0109. The molecule has 0 radical (unpaired) electrons. The average Bonchev–Trinajstić information content (AvgIpc) is 3.38. The van der Waals surface area contributed by atoms with E-state index in [1.165, 1.54) is 103 Å². The summed E-state index contributed by atoms with van der Waals surface area (Å²) < 4.78 is 5.81. The Morgan fingerprint density at radius 1 is 0.447 bits per heavy atom. The van der Waals surface area contributed by atoms with Gasteiger partial charge in [0.25, 0.3) is 0 Å². The van der Waals surface area contributed by atoms with Crippen molar-refractivity contribution >= 4 is 47.2 Å². The van der Waals surface area contributed by atoms with Crippen molar-refractivity contribution in [3.05, 3.63) is 0 Å². The molecule has 8 N–H and O–H groups in total. The van der Waals surface area contributed by atoms with E-state index in [0.717, 1.165) is 108 Å². The Morgan fingerprint density at radius 2 is 0.737 bits per heavy atom. The minimum absolute atomic E-state index is 0.00112. The van der Waals surface area contributed by atoms with E-state index in [1.54, 1.807) is 6.92 Å². The zero-order valence-corrected chi connectivity index (χ0v) is 48.7. The molecule has 0 saturated heterocycles. The van der Waals surface area contributed by atoms with Crippen molar-refractivity contribution < 1.29 is 58.7 Å². The maximum atomic E-state index is 15.4. The summed E-state index contributed by atoms with van der Waals surface area (Å²) in [5.41, 5.74) is 9.15. The highest BCUT2D eigenvalue weighted by molar-refractivity contribution is 6.18. The van der Waals surface area contributed by atoms with Crippen molar-refractivity contribution in [1.82, 2.24) is 4.90 Å². The lowest BCUT2D eigenvalue weighted by Crippen LogP contribution is -2.69. The number of aliphatic hydroxyl groups excluding tert-OH is 2. The normalized spacial score (nSPS) is 13.1. The molecule has 0 aromatic heterocycles. The zero-order valence-electron chi connectivity index (χ0n) is 48.7. The molecule has 3 unspecified atom stereocenters. The largest absolute Gasteiger partial charge is 0.479 e. The number of carboxylic acid groups (broad SMARTS) is 2. The molecule has 76 heavy (non-hydrogen) atoms. The van der Waals surface area contributed by atoms with Crippen molar-refractivity contribution in [3.8, 4) is 0 Å². The minimum atomic E-state index is -2.45. The first-order valence-electron chi connectivity index (χ1n) is 30.5. The number of esters is 1. The first-order chi connectivity index (χ1) is 36.6. The van der Waals surface area contributed by atoms with Crippen LogP contribution in [0.25, 0.3) is 0 Å². The van der Waals surface area contributed by atoms with Gasteiger partial charge in [-0.3, -0.25) is 29.1 Å². The number of aliphatic carboxylic acids is 2. The van der Waals surface area contributed by atoms with Gasteiger partial charge in [0.1, 0.15) is 5.78 Å². The lowest BCUT2D eigenvalue weighted by molar-refractivity contribution is -0.180. The molecule has 0 heterocycles. The van der Waals surface area contributed by atoms with E-state index >= 15 is 9.59 Å². The van der Waals surface area contributed by atoms with E-state index in [2.05, 4.69) is 32.7 Å². The number of nitrogens with zero attached hydrogens (tertiary/aromatic N) is 2. The molecular weight excluding hydrogens is 969 g/mol. The van der Waals surface area contributed by atoms with Crippen molar-refractivity contribution in [3.63, 3.8) is 0 Å². The predicted molar refractivity (Wildman–Crippen MR) is 305 cm³/mol. The van der Waals surface area contributed by atoms with Gasteiger partial charge in [-0.1, -0.05) is 233 Å². The Hall–Kier alpha value is -3.92. The molecule has 444 valence electrons. The van der Waals surface area contributed by atoms with Gasteiger partial charge < -0.3 is 36.6 Å². The standard InChI is InChI=1S/C56H106N4O6.C4H6O6/c1-6-11-15-19-23-27-31-35-39-43-50(61)49(47-48-59-55(57)58)56(54(65)66-10-5,51(62)44-40-36-32-28-24-20-16-12-7-2)60(52(63)45-41-37-33-29-25-21-17-13-8-3)53(64)46-42-38-34-30-26-22-18-14-9-4;5-1(3(7)8)2(6)4(9)10/h49H,6-48H2,1-5H3,(H4,57,58,59);1-2,5-6H,(H,7,8)(H,9,10)/t49?,56-;/m1./s1. The molecule has 0 saturated carbocycles.